The first kappa shape index (κ1) is 30.3. The predicted molar refractivity (Wildman–Crippen MR) is 164 cm³/mol. The second-order valence-corrected chi connectivity index (χ2v) is 12.3. The molecular weight excluding hydrogens is 586 g/mol. The first-order valence-electron chi connectivity index (χ1n) is 15.1. The largest absolute Gasteiger partial charge is 0.496 e. The molecule has 4 aromatic rings. The van der Waals surface area contributed by atoms with Gasteiger partial charge in [0.15, 0.2) is 0 Å². The van der Waals surface area contributed by atoms with Crippen molar-refractivity contribution in [3.8, 4) is 16.5 Å². The maximum atomic E-state index is 14.4. The minimum absolute atomic E-state index is 0.0548. The fourth-order valence-electron chi connectivity index (χ4n) is 6.28. The summed E-state index contributed by atoms with van der Waals surface area (Å²) in [5, 5.41) is 0.460. The van der Waals surface area contributed by atoms with Crippen molar-refractivity contribution in [2.45, 2.75) is 70.7 Å². The highest BCUT2D eigenvalue weighted by atomic mass is 32.1. The average molecular weight is 624 g/mol. The number of oxazole rings is 1. The molecule has 1 aliphatic heterocycles. The zero-order chi connectivity index (χ0) is 30.8. The number of fused-ring (bicyclic) bond motifs is 1. The van der Waals surface area contributed by atoms with Crippen molar-refractivity contribution in [2.75, 3.05) is 26.9 Å². The second-order valence-electron chi connectivity index (χ2n) is 11.3. The van der Waals surface area contributed by atoms with Gasteiger partial charge in [0.05, 0.1) is 42.8 Å². The molecule has 44 heavy (non-hydrogen) atoms. The smallest absolute Gasteiger partial charge is 0.332 e. The zero-order valence-corrected chi connectivity index (χ0v) is 26.0. The number of hydrogen-bond donors (Lipinski definition) is 0. The summed E-state index contributed by atoms with van der Waals surface area (Å²) in [5.41, 5.74) is 0.782. The van der Waals surface area contributed by atoms with E-state index < -0.39 is 11.8 Å². The third-order valence-electron chi connectivity index (χ3n) is 8.57. The molecule has 1 saturated carbocycles. The SMILES string of the molecule is CCOC(=O)CC1CC(n2c(=O)c3c(C)c(-c4ncco4)sc3n(C[C@H](OC3CCOCC3)c3ccccc3OC)c2=O)C1. The number of para-hydroxylation sites is 1. The van der Waals surface area contributed by atoms with Crippen LogP contribution in [0.2, 0.25) is 0 Å². The maximum absolute atomic E-state index is 14.4. The number of aryl methyl sites for hydroxylation is 1. The number of esters is 1. The van der Waals surface area contributed by atoms with Crippen LogP contribution in [0.1, 0.15) is 62.3 Å². The Balaban J connectivity index is 1.45. The van der Waals surface area contributed by atoms with Crippen LogP contribution in [0.25, 0.3) is 21.0 Å². The van der Waals surface area contributed by atoms with E-state index in [-0.39, 0.29) is 42.6 Å². The number of carbonyl (C=O) groups excluding carboxylic acids is 1. The van der Waals surface area contributed by atoms with Crippen LogP contribution in [0, 0.1) is 12.8 Å². The normalized spacial score (nSPS) is 19.5. The van der Waals surface area contributed by atoms with Gasteiger partial charge in [0, 0.05) is 31.2 Å². The van der Waals surface area contributed by atoms with Gasteiger partial charge in [0.2, 0.25) is 5.89 Å². The van der Waals surface area contributed by atoms with Gasteiger partial charge in [-0.3, -0.25) is 18.7 Å². The molecule has 0 spiro atoms. The molecule has 1 saturated heterocycles. The van der Waals surface area contributed by atoms with Gasteiger partial charge in [0.25, 0.3) is 5.56 Å². The van der Waals surface area contributed by atoms with Crippen molar-refractivity contribution in [3.63, 3.8) is 0 Å². The van der Waals surface area contributed by atoms with Gasteiger partial charge in [-0.15, -0.1) is 11.3 Å². The Kier molecular flexibility index (Phi) is 9.01. The van der Waals surface area contributed by atoms with Crippen LogP contribution in [-0.2, 0) is 25.5 Å². The van der Waals surface area contributed by atoms with Crippen LogP contribution in [0.15, 0.2) is 50.7 Å². The number of methoxy groups -OCH3 is 1. The van der Waals surface area contributed by atoms with Gasteiger partial charge in [-0.05, 0) is 57.1 Å². The van der Waals surface area contributed by atoms with Crippen molar-refractivity contribution in [2.24, 2.45) is 5.92 Å². The first-order chi connectivity index (χ1) is 21.4. The summed E-state index contributed by atoms with van der Waals surface area (Å²) in [6.45, 7) is 5.34. The molecular formula is C32H37N3O8S. The van der Waals surface area contributed by atoms with Gasteiger partial charge < -0.3 is 23.4 Å². The van der Waals surface area contributed by atoms with Crippen molar-refractivity contribution < 1.29 is 28.2 Å². The molecule has 2 aliphatic rings. The molecule has 3 aromatic heterocycles. The summed E-state index contributed by atoms with van der Waals surface area (Å²) in [5.74, 6) is 0.849. The Labute approximate surface area is 258 Å². The van der Waals surface area contributed by atoms with Crippen molar-refractivity contribution in [1.82, 2.24) is 14.1 Å². The molecule has 1 aliphatic carbocycles. The van der Waals surface area contributed by atoms with E-state index >= 15 is 0 Å². The fraction of sp³-hybridized carbons (Fsp3) is 0.500. The third-order valence-corrected chi connectivity index (χ3v) is 9.87. The molecule has 0 unspecified atom stereocenters. The maximum Gasteiger partial charge on any atom is 0.332 e. The quantitative estimate of drug-likeness (QED) is 0.211. The Morgan fingerprint density at radius 1 is 1.18 bits per heavy atom. The van der Waals surface area contributed by atoms with Crippen LogP contribution >= 0.6 is 11.3 Å². The van der Waals surface area contributed by atoms with Crippen molar-refractivity contribution in [1.29, 1.82) is 0 Å². The lowest BCUT2D eigenvalue weighted by Crippen LogP contribution is -2.46. The minimum atomic E-state index is -0.536. The molecule has 1 atom stereocenters. The summed E-state index contributed by atoms with van der Waals surface area (Å²) >= 11 is 1.32. The first-order valence-corrected chi connectivity index (χ1v) is 15.9. The minimum Gasteiger partial charge on any atom is -0.496 e. The number of aromatic nitrogens is 3. The molecule has 0 radical (unpaired) electrons. The Hall–Kier alpha value is -3.74. The number of hydrogen-bond acceptors (Lipinski definition) is 10. The van der Waals surface area contributed by atoms with E-state index in [1.54, 1.807) is 24.8 Å². The van der Waals surface area contributed by atoms with Crippen LogP contribution in [-0.4, -0.2) is 53.1 Å². The highest BCUT2D eigenvalue weighted by molar-refractivity contribution is 7.22. The van der Waals surface area contributed by atoms with E-state index in [0.29, 0.717) is 65.0 Å². The number of rotatable bonds is 11. The van der Waals surface area contributed by atoms with Crippen LogP contribution in [0.5, 0.6) is 5.75 Å². The zero-order valence-electron chi connectivity index (χ0n) is 25.2. The second kappa shape index (κ2) is 13.1. The van der Waals surface area contributed by atoms with Crippen LogP contribution in [0.4, 0.5) is 0 Å². The van der Waals surface area contributed by atoms with Gasteiger partial charge in [-0.2, -0.15) is 0 Å². The monoisotopic (exact) mass is 623 g/mol. The van der Waals surface area contributed by atoms with E-state index in [0.717, 1.165) is 18.4 Å². The van der Waals surface area contributed by atoms with Crippen molar-refractivity contribution >= 4 is 27.5 Å². The number of carbonyl (C=O) groups is 1. The van der Waals surface area contributed by atoms with Crippen LogP contribution in [0.3, 0.4) is 0 Å². The van der Waals surface area contributed by atoms with Gasteiger partial charge >= 0.3 is 11.7 Å². The van der Waals surface area contributed by atoms with Crippen molar-refractivity contribution in [3.05, 3.63) is 68.7 Å². The molecule has 0 bridgehead atoms. The number of thiophene rings is 1. The highest BCUT2D eigenvalue weighted by Crippen LogP contribution is 2.41. The van der Waals surface area contributed by atoms with Gasteiger partial charge in [0.1, 0.15) is 22.9 Å². The average Bonchev–Trinajstić information content (AvgIpc) is 3.66. The van der Waals surface area contributed by atoms with E-state index in [1.807, 2.05) is 31.2 Å². The van der Waals surface area contributed by atoms with Gasteiger partial charge in [-0.25, -0.2) is 9.78 Å². The van der Waals surface area contributed by atoms with E-state index in [4.69, 9.17) is 23.4 Å². The molecule has 2 fully saturated rings. The summed E-state index contributed by atoms with van der Waals surface area (Å²) in [4.78, 5) is 46.1. The van der Waals surface area contributed by atoms with Gasteiger partial charge in [-0.1, -0.05) is 18.2 Å². The molecule has 234 valence electrons. The highest BCUT2D eigenvalue weighted by Gasteiger charge is 2.36. The molecule has 12 heteroatoms. The molecule has 0 amide bonds. The Bertz CT molecular complexity index is 1730. The van der Waals surface area contributed by atoms with E-state index in [9.17, 15) is 14.4 Å². The molecule has 6 rings (SSSR count). The Morgan fingerprint density at radius 2 is 1.95 bits per heavy atom. The third kappa shape index (κ3) is 5.85. The summed E-state index contributed by atoms with van der Waals surface area (Å²) in [7, 11) is 1.61. The molecule has 11 nitrogen and oxygen atoms in total. The molecule has 0 N–H and O–H groups in total. The lowest BCUT2D eigenvalue weighted by molar-refractivity contribution is -0.145. The lowest BCUT2D eigenvalue weighted by Gasteiger charge is -2.36. The predicted octanol–water partition coefficient (Wildman–Crippen LogP) is 5.04. The topological polar surface area (TPSA) is 124 Å². The standard InChI is InChI=1S/C32H37N3O8S/c1-4-41-26(36)17-20-15-21(16-20)35-30(37)27-19(2)28(29-33-11-14-42-29)44-31(27)34(32(35)38)18-25(43-22-9-12-40-13-10-22)23-7-5-6-8-24(23)39-3/h5-8,11,14,20-22,25H,4,9-10,12-13,15-18H2,1-3H3/t20?,21?,25-/m0/s1. The number of benzene rings is 1. The summed E-state index contributed by atoms with van der Waals surface area (Å²) in [6.07, 6.45) is 5.30. The fourth-order valence-corrected chi connectivity index (χ4v) is 7.52. The number of nitrogens with zero attached hydrogens (tertiary/aromatic N) is 3. The molecule has 4 heterocycles. The van der Waals surface area contributed by atoms with E-state index in [2.05, 4.69) is 4.98 Å². The summed E-state index contributed by atoms with van der Waals surface area (Å²) < 4.78 is 31.7. The lowest BCUT2D eigenvalue weighted by atomic mass is 9.78. The van der Waals surface area contributed by atoms with Crippen LogP contribution < -0.4 is 16.0 Å². The van der Waals surface area contributed by atoms with E-state index in [1.165, 1.54) is 22.2 Å². The Morgan fingerprint density at radius 3 is 2.66 bits per heavy atom. The summed E-state index contributed by atoms with van der Waals surface area (Å²) in [6, 6.07) is 7.32. The molecule has 1 aromatic carbocycles. The number of ether oxygens (including phenoxy) is 4.